The van der Waals surface area contributed by atoms with Gasteiger partial charge in [0.05, 0.1) is 24.4 Å². The van der Waals surface area contributed by atoms with Crippen LogP contribution in [0.4, 0.5) is 0 Å². The molecule has 0 aromatic carbocycles. The normalized spacial score (nSPS) is 19.8. The zero-order chi connectivity index (χ0) is 12.8. The molecule has 0 saturated carbocycles. The molecule has 1 rings (SSSR count). The van der Waals surface area contributed by atoms with E-state index in [0.717, 1.165) is 0 Å². The molecule has 17 heavy (non-hydrogen) atoms. The van der Waals surface area contributed by atoms with Crippen molar-refractivity contribution in [2.24, 2.45) is 5.92 Å². The van der Waals surface area contributed by atoms with Crippen molar-refractivity contribution in [3.05, 3.63) is 0 Å². The fourth-order valence-electron chi connectivity index (χ4n) is 1.47. The first-order valence-corrected chi connectivity index (χ1v) is 6.78. The van der Waals surface area contributed by atoms with Gasteiger partial charge in [-0.1, -0.05) is 6.92 Å². The van der Waals surface area contributed by atoms with Crippen molar-refractivity contribution in [1.82, 2.24) is 4.90 Å². The molecule has 1 fully saturated rings. The molecule has 0 aliphatic carbocycles. The Kier molecular flexibility index (Phi) is 5.77. The van der Waals surface area contributed by atoms with Crippen molar-refractivity contribution in [2.45, 2.75) is 19.1 Å². The van der Waals surface area contributed by atoms with Crippen LogP contribution in [0.2, 0.25) is 0 Å². The summed E-state index contributed by atoms with van der Waals surface area (Å²) < 4.78 is 5.18. The van der Waals surface area contributed by atoms with Gasteiger partial charge in [-0.3, -0.25) is 9.59 Å². The Bertz CT molecular complexity index is 279. The van der Waals surface area contributed by atoms with E-state index in [4.69, 9.17) is 9.84 Å². The number of carbonyl (C=O) groups is 2. The highest BCUT2D eigenvalue weighted by Gasteiger charge is 2.23. The molecule has 0 aromatic heterocycles. The molecule has 1 amide bonds. The van der Waals surface area contributed by atoms with Crippen LogP contribution in [0.3, 0.4) is 0 Å². The van der Waals surface area contributed by atoms with Crippen molar-refractivity contribution in [3.8, 4) is 0 Å². The molecule has 1 aliphatic rings. The van der Waals surface area contributed by atoms with Crippen molar-refractivity contribution in [3.63, 3.8) is 0 Å². The Morgan fingerprint density at radius 3 is 2.47 bits per heavy atom. The van der Waals surface area contributed by atoms with E-state index in [1.807, 2.05) is 6.92 Å². The maximum absolute atomic E-state index is 12.0. The largest absolute Gasteiger partial charge is 0.481 e. The highest BCUT2D eigenvalue weighted by Crippen LogP contribution is 2.17. The Balaban J connectivity index is 2.33. The zero-order valence-electron chi connectivity index (χ0n) is 10.2. The van der Waals surface area contributed by atoms with E-state index in [2.05, 4.69) is 0 Å². The molecule has 2 unspecified atom stereocenters. The summed E-state index contributed by atoms with van der Waals surface area (Å²) in [6.07, 6.45) is 0. The molecule has 1 saturated heterocycles. The van der Waals surface area contributed by atoms with E-state index in [-0.39, 0.29) is 11.2 Å². The number of ether oxygens (including phenoxy) is 1. The standard InChI is InChI=1S/C11H19NO4S/c1-8(11(14)15)7-17-9(2)10(13)12-3-5-16-6-4-12/h8-9H,3-7H2,1-2H3,(H,14,15). The molecule has 1 N–H and O–H groups in total. The molecule has 5 nitrogen and oxygen atoms in total. The van der Waals surface area contributed by atoms with E-state index in [1.54, 1.807) is 11.8 Å². The van der Waals surface area contributed by atoms with Crippen molar-refractivity contribution < 1.29 is 19.4 Å². The minimum absolute atomic E-state index is 0.0795. The number of hydrogen-bond donors (Lipinski definition) is 1. The third kappa shape index (κ3) is 4.55. The number of nitrogens with zero attached hydrogens (tertiary/aromatic N) is 1. The minimum Gasteiger partial charge on any atom is -0.481 e. The number of carbonyl (C=O) groups excluding carboxylic acids is 1. The third-order valence-electron chi connectivity index (χ3n) is 2.69. The van der Waals surface area contributed by atoms with Crippen LogP contribution in [0.1, 0.15) is 13.8 Å². The van der Waals surface area contributed by atoms with Crippen LogP contribution in [-0.2, 0) is 14.3 Å². The van der Waals surface area contributed by atoms with Crippen molar-refractivity contribution in [1.29, 1.82) is 0 Å². The quantitative estimate of drug-likeness (QED) is 0.788. The summed E-state index contributed by atoms with van der Waals surface area (Å²) in [5.41, 5.74) is 0. The maximum atomic E-state index is 12.0. The summed E-state index contributed by atoms with van der Waals surface area (Å²) in [6.45, 7) is 5.94. The lowest BCUT2D eigenvalue weighted by molar-refractivity contribution is -0.140. The first-order valence-electron chi connectivity index (χ1n) is 5.73. The molecule has 1 aliphatic heterocycles. The molecule has 0 spiro atoms. The lowest BCUT2D eigenvalue weighted by Crippen LogP contribution is -2.44. The number of carboxylic acid groups (broad SMARTS) is 1. The van der Waals surface area contributed by atoms with Gasteiger partial charge in [-0.25, -0.2) is 0 Å². The number of thioether (sulfide) groups is 1. The van der Waals surface area contributed by atoms with Gasteiger partial charge in [-0.15, -0.1) is 11.8 Å². The van der Waals surface area contributed by atoms with E-state index in [9.17, 15) is 9.59 Å². The number of rotatable bonds is 5. The first kappa shape index (κ1) is 14.3. The molecule has 0 aromatic rings. The van der Waals surface area contributed by atoms with Gasteiger partial charge in [0.25, 0.3) is 0 Å². The number of morpholine rings is 1. The van der Waals surface area contributed by atoms with Crippen LogP contribution in [0.15, 0.2) is 0 Å². The first-order chi connectivity index (χ1) is 8.02. The second-order valence-corrected chi connectivity index (χ2v) is 5.53. The predicted octanol–water partition coefficient (Wildman–Crippen LogP) is 0.688. The van der Waals surface area contributed by atoms with Gasteiger partial charge in [0.2, 0.25) is 5.91 Å². The van der Waals surface area contributed by atoms with Crippen LogP contribution < -0.4 is 0 Å². The van der Waals surface area contributed by atoms with Gasteiger partial charge in [0.15, 0.2) is 0 Å². The number of hydrogen-bond acceptors (Lipinski definition) is 4. The fraction of sp³-hybridized carbons (Fsp3) is 0.818. The number of carboxylic acids is 1. The van der Waals surface area contributed by atoms with Crippen LogP contribution in [0.5, 0.6) is 0 Å². The van der Waals surface area contributed by atoms with Gasteiger partial charge in [0, 0.05) is 18.8 Å². The van der Waals surface area contributed by atoms with Gasteiger partial charge >= 0.3 is 5.97 Å². The van der Waals surface area contributed by atoms with E-state index >= 15 is 0 Å². The van der Waals surface area contributed by atoms with Crippen LogP contribution in [0, 0.1) is 5.92 Å². The Morgan fingerprint density at radius 2 is 1.94 bits per heavy atom. The summed E-state index contributed by atoms with van der Waals surface area (Å²) >= 11 is 1.40. The van der Waals surface area contributed by atoms with Crippen molar-refractivity contribution in [2.75, 3.05) is 32.1 Å². The average molecular weight is 261 g/mol. The summed E-state index contributed by atoms with van der Waals surface area (Å²) in [5.74, 6) is -0.689. The third-order valence-corrected chi connectivity index (χ3v) is 4.08. The SMILES string of the molecule is CC(CSC(C)C(=O)N1CCOCC1)C(=O)O. The molecular formula is C11H19NO4S. The zero-order valence-corrected chi connectivity index (χ0v) is 11.0. The van der Waals surface area contributed by atoms with Gasteiger partial charge < -0.3 is 14.7 Å². The Labute approximate surface area is 105 Å². The van der Waals surface area contributed by atoms with Crippen molar-refractivity contribution >= 4 is 23.6 Å². The van der Waals surface area contributed by atoms with Gasteiger partial charge in [0.1, 0.15) is 0 Å². The van der Waals surface area contributed by atoms with Gasteiger partial charge in [-0.2, -0.15) is 0 Å². The fourth-order valence-corrected chi connectivity index (χ4v) is 2.48. The van der Waals surface area contributed by atoms with Crippen LogP contribution in [-0.4, -0.2) is 59.2 Å². The second-order valence-electron chi connectivity index (χ2n) is 4.15. The summed E-state index contributed by atoms with van der Waals surface area (Å²) in [6, 6.07) is 0. The van der Waals surface area contributed by atoms with Crippen LogP contribution >= 0.6 is 11.8 Å². The molecule has 2 atom stereocenters. The molecule has 6 heteroatoms. The Morgan fingerprint density at radius 1 is 1.35 bits per heavy atom. The molecule has 1 heterocycles. The minimum atomic E-state index is -0.816. The molecule has 0 radical (unpaired) electrons. The molecule has 0 bridgehead atoms. The monoisotopic (exact) mass is 261 g/mol. The van der Waals surface area contributed by atoms with Gasteiger partial charge in [-0.05, 0) is 6.92 Å². The highest BCUT2D eigenvalue weighted by molar-refractivity contribution is 8.00. The lowest BCUT2D eigenvalue weighted by atomic mass is 10.2. The summed E-state index contributed by atoms with van der Waals surface area (Å²) in [7, 11) is 0. The summed E-state index contributed by atoms with van der Waals surface area (Å²) in [5, 5.41) is 8.57. The van der Waals surface area contributed by atoms with E-state index < -0.39 is 11.9 Å². The lowest BCUT2D eigenvalue weighted by Gasteiger charge is -2.29. The molecule has 98 valence electrons. The number of amides is 1. The second kappa shape index (κ2) is 6.86. The van der Waals surface area contributed by atoms with Crippen LogP contribution in [0.25, 0.3) is 0 Å². The van der Waals surface area contributed by atoms with E-state index in [0.29, 0.717) is 32.1 Å². The topological polar surface area (TPSA) is 66.8 Å². The summed E-state index contributed by atoms with van der Waals surface area (Å²) in [4.78, 5) is 24.4. The maximum Gasteiger partial charge on any atom is 0.307 e. The Hall–Kier alpha value is -0.750. The molecular weight excluding hydrogens is 242 g/mol. The smallest absolute Gasteiger partial charge is 0.307 e. The van der Waals surface area contributed by atoms with E-state index in [1.165, 1.54) is 11.8 Å². The predicted molar refractivity (Wildman–Crippen MR) is 66.1 cm³/mol. The average Bonchev–Trinajstić information content (AvgIpc) is 2.35. The number of aliphatic carboxylic acids is 1. The highest BCUT2D eigenvalue weighted by atomic mass is 32.2.